The molecule has 0 aliphatic carbocycles. The number of fused-ring (bicyclic) bond motifs is 5. The van der Waals surface area contributed by atoms with Gasteiger partial charge in [0.1, 0.15) is 29.5 Å². The van der Waals surface area contributed by atoms with E-state index >= 15 is 13.2 Å². The van der Waals surface area contributed by atoms with Crippen molar-refractivity contribution < 1.29 is 65.5 Å². The van der Waals surface area contributed by atoms with Gasteiger partial charge in [0.15, 0.2) is 17.4 Å². The van der Waals surface area contributed by atoms with Crippen LogP contribution in [0.4, 0.5) is 28.6 Å². The first-order valence-electron chi connectivity index (χ1n) is 22.8. The van der Waals surface area contributed by atoms with Gasteiger partial charge in [-0.05, 0) is 75.2 Å². The van der Waals surface area contributed by atoms with Gasteiger partial charge in [-0.1, -0.05) is 39.7 Å². The van der Waals surface area contributed by atoms with Crippen LogP contribution in [0.25, 0.3) is 32.8 Å². The van der Waals surface area contributed by atoms with E-state index in [0.29, 0.717) is 12.8 Å². The summed E-state index contributed by atoms with van der Waals surface area (Å²) in [6.07, 6.45) is 6.21. The van der Waals surface area contributed by atoms with Crippen LogP contribution in [0.3, 0.4) is 0 Å². The normalized spacial score (nSPS) is 19.5. The van der Waals surface area contributed by atoms with Crippen molar-refractivity contribution in [1.82, 2.24) is 19.8 Å². The Labute approximate surface area is 391 Å². The van der Waals surface area contributed by atoms with Crippen molar-refractivity contribution in [1.29, 1.82) is 0 Å². The first-order valence-corrected chi connectivity index (χ1v) is 22.8. The molecular formula is C49H54F3N5O11. The maximum Gasteiger partial charge on any atom is 0.516 e. The number of esters is 2. The maximum absolute atomic E-state index is 17.9. The van der Waals surface area contributed by atoms with Gasteiger partial charge in [0.25, 0.3) is 0 Å². The van der Waals surface area contributed by atoms with Gasteiger partial charge in [-0.15, -0.1) is 6.42 Å². The van der Waals surface area contributed by atoms with Crippen molar-refractivity contribution in [3.8, 4) is 41.0 Å². The summed E-state index contributed by atoms with van der Waals surface area (Å²) < 4.78 is 89.8. The highest BCUT2D eigenvalue weighted by atomic mass is 19.1. The molecule has 4 unspecified atom stereocenters. The fourth-order valence-electron chi connectivity index (χ4n) is 9.91. The number of rotatable bonds is 13. The number of methoxy groups -OCH3 is 1. The fourth-order valence-corrected chi connectivity index (χ4v) is 9.91. The third-order valence-corrected chi connectivity index (χ3v) is 13.1. The predicted octanol–water partition coefficient (Wildman–Crippen LogP) is 8.26. The van der Waals surface area contributed by atoms with Gasteiger partial charge < -0.3 is 38.1 Å². The van der Waals surface area contributed by atoms with Crippen LogP contribution in [0, 0.1) is 41.6 Å². The number of halogens is 3. The quantitative estimate of drug-likeness (QED) is 0.0543. The first kappa shape index (κ1) is 47.9. The number of nitrogens with zero attached hydrogens (tertiary/aromatic N) is 5. The molecule has 4 atom stereocenters. The van der Waals surface area contributed by atoms with Gasteiger partial charge in [0.2, 0.25) is 12.6 Å². The number of aromatic nitrogens is 2. The zero-order valence-electron chi connectivity index (χ0n) is 39.0. The summed E-state index contributed by atoms with van der Waals surface area (Å²) in [6.45, 7) is 11.6. The van der Waals surface area contributed by atoms with E-state index in [2.05, 4.69) is 15.8 Å². The van der Waals surface area contributed by atoms with Gasteiger partial charge in [0, 0.05) is 37.9 Å². The van der Waals surface area contributed by atoms with E-state index < -0.39 is 95.0 Å². The second-order valence-corrected chi connectivity index (χ2v) is 18.3. The van der Waals surface area contributed by atoms with Crippen molar-refractivity contribution in [3.63, 3.8) is 0 Å². The number of hydrogen-bond acceptors (Lipinski definition) is 15. The number of carbonyl (C=O) groups is 4. The van der Waals surface area contributed by atoms with Gasteiger partial charge in [0.05, 0.1) is 53.1 Å². The van der Waals surface area contributed by atoms with Crippen LogP contribution in [-0.4, -0.2) is 114 Å². The number of piperazine rings is 1. The smallest absolute Gasteiger partial charge is 0.493 e. The van der Waals surface area contributed by atoms with E-state index in [1.807, 2.05) is 4.90 Å². The Morgan fingerprint density at radius 3 is 2.07 bits per heavy atom. The summed E-state index contributed by atoms with van der Waals surface area (Å²) >= 11 is 0. The van der Waals surface area contributed by atoms with E-state index in [-0.39, 0.29) is 70.1 Å². The molecule has 4 saturated heterocycles. The third-order valence-electron chi connectivity index (χ3n) is 13.1. The minimum atomic E-state index is -1.36. The Morgan fingerprint density at radius 2 is 1.47 bits per heavy atom. The van der Waals surface area contributed by atoms with Gasteiger partial charge in [-0.2, -0.15) is 9.97 Å². The van der Waals surface area contributed by atoms with Crippen molar-refractivity contribution in [3.05, 3.63) is 47.3 Å². The minimum absolute atomic E-state index is 0.0786. The van der Waals surface area contributed by atoms with Crippen LogP contribution >= 0.6 is 0 Å². The second-order valence-electron chi connectivity index (χ2n) is 18.3. The van der Waals surface area contributed by atoms with E-state index in [9.17, 15) is 19.2 Å². The van der Waals surface area contributed by atoms with Gasteiger partial charge >= 0.3 is 30.2 Å². The molecule has 5 heterocycles. The standard InChI is InChI=1S/C49H54F3N5O11/c1-9-33-35(50)15-12-29-20-32(68-48(61)67-28(7)65-45(59)26(4)5)21-34(36(29)33)37-39(51)41-38(42(62-8)40(37)52)43(54-46(53-41)63-24-49-16-10-18-56(49)19-11-17-49)55-22-30-13-14-31(23-55)57(30)47(60)66-27(6)64-44(58)25(2)3/h1,12,15,20-21,25-28,30-31H,10-11,13-14,16-19,22-24H2,2-8H3. The van der Waals surface area contributed by atoms with Crippen molar-refractivity contribution >= 4 is 51.7 Å². The highest BCUT2D eigenvalue weighted by Gasteiger charge is 2.47. The van der Waals surface area contributed by atoms with E-state index in [1.54, 1.807) is 32.6 Å². The lowest BCUT2D eigenvalue weighted by Crippen LogP contribution is -2.56. The molecule has 0 radical (unpaired) electrons. The Kier molecular flexibility index (Phi) is 13.5. The van der Waals surface area contributed by atoms with Crippen LogP contribution in [0.1, 0.15) is 85.6 Å². The molecule has 4 aliphatic heterocycles. The predicted molar refractivity (Wildman–Crippen MR) is 240 cm³/mol. The molecule has 8 rings (SSSR count). The fraction of sp³-hybridized carbons (Fsp3) is 0.510. The van der Waals surface area contributed by atoms with Crippen LogP contribution in [-0.2, 0) is 28.5 Å². The monoisotopic (exact) mass is 945 g/mol. The van der Waals surface area contributed by atoms with Crippen molar-refractivity contribution in [2.24, 2.45) is 11.8 Å². The summed E-state index contributed by atoms with van der Waals surface area (Å²) in [6, 6.07) is 3.72. The minimum Gasteiger partial charge on any atom is -0.493 e. The molecule has 19 heteroatoms. The maximum atomic E-state index is 17.9. The number of carbonyl (C=O) groups excluding carboxylic acids is 4. The number of ether oxygens (including phenoxy) is 7. The largest absolute Gasteiger partial charge is 0.516 e. The van der Waals surface area contributed by atoms with Crippen LogP contribution in [0.15, 0.2) is 24.3 Å². The summed E-state index contributed by atoms with van der Waals surface area (Å²) in [4.78, 5) is 66.1. The number of anilines is 1. The van der Waals surface area contributed by atoms with E-state index in [1.165, 1.54) is 33.1 Å². The van der Waals surface area contributed by atoms with Crippen LogP contribution < -0.4 is 19.1 Å². The van der Waals surface area contributed by atoms with E-state index in [0.717, 1.165) is 50.9 Å². The molecule has 16 nitrogen and oxygen atoms in total. The molecule has 68 heavy (non-hydrogen) atoms. The zero-order chi connectivity index (χ0) is 48.8. The molecule has 2 bridgehead atoms. The van der Waals surface area contributed by atoms with Crippen LogP contribution in [0.5, 0.6) is 17.5 Å². The number of hydrogen-bond donors (Lipinski definition) is 0. The Hall–Kier alpha value is -6.55. The number of terminal acetylenes is 1. The molecule has 1 amide bonds. The highest BCUT2D eigenvalue weighted by molar-refractivity contribution is 6.06. The SMILES string of the molecule is C#Cc1c(F)ccc2cc(OC(=O)OC(C)OC(=O)C(C)C)cc(-c3c(F)c(OC)c4c(N5CC6CCC(C5)N6C(=O)OC(C)OC(=O)C(C)C)nc(OCC56CCCN5CCC6)nc4c3F)c12. The Morgan fingerprint density at radius 1 is 0.838 bits per heavy atom. The van der Waals surface area contributed by atoms with Crippen molar-refractivity contribution in [2.45, 2.75) is 110 Å². The molecular weight excluding hydrogens is 892 g/mol. The zero-order valence-corrected chi connectivity index (χ0v) is 39.0. The molecule has 0 spiro atoms. The average molecular weight is 946 g/mol. The lowest BCUT2D eigenvalue weighted by Gasteiger charge is -2.41. The molecule has 4 aromatic rings. The molecule has 4 fully saturated rings. The van der Waals surface area contributed by atoms with Gasteiger partial charge in [-0.3, -0.25) is 19.4 Å². The molecule has 3 aromatic carbocycles. The topological polar surface area (TPSA) is 168 Å². The number of benzene rings is 3. The molecule has 1 aromatic heterocycles. The first-order chi connectivity index (χ1) is 32.4. The van der Waals surface area contributed by atoms with E-state index in [4.69, 9.17) is 44.6 Å². The Bertz CT molecular complexity index is 2690. The summed E-state index contributed by atoms with van der Waals surface area (Å²) in [7, 11) is 1.19. The summed E-state index contributed by atoms with van der Waals surface area (Å²) in [5.41, 5.74) is -2.06. The Balaban J connectivity index is 1.23. The second kappa shape index (κ2) is 19.2. The summed E-state index contributed by atoms with van der Waals surface area (Å²) in [5.74, 6) is -3.80. The third kappa shape index (κ3) is 9.09. The molecule has 362 valence electrons. The molecule has 0 N–H and O–H groups in total. The van der Waals surface area contributed by atoms with Crippen molar-refractivity contribution in [2.75, 3.05) is 44.8 Å². The lowest BCUT2D eigenvalue weighted by molar-refractivity contribution is -0.171. The lowest BCUT2D eigenvalue weighted by atomic mass is 9.92. The molecule has 0 saturated carbocycles. The summed E-state index contributed by atoms with van der Waals surface area (Å²) in [5, 5.41) is -0.0919. The highest BCUT2D eigenvalue weighted by Crippen LogP contribution is 2.48. The average Bonchev–Trinajstić information content (AvgIpc) is 3.96. The number of amides is 1. The van der Waals surface area contributed by atoms with Crippen LogP contribution in [0.2, 0.25) is 0 Å². The molecule has 4 aliphatic rings. The van der Waals surface area contributed by atoms with Gasteiger partial charge in [-0.25, -0.2) is 22.8 Å².